The van der Waals surface area contributed by atoms with E-state index in [1.807, 2.05) is 6.61 Å². The Labute approximate surface area is 64.8 Å². The van der Waals surface area contributed by atoms with Crippen LogP contribution in [0.4, 0.5) is 0 Å². The van der Waals surface area contributed by atoms with E-state index >= 15 is 0 Å². The third-order valence-electron chi connectivity index (χ3n) is 1.92. The van der Waals surface area contributed by atoms with E-state index in [0.29, 0.717) is 12.0 Å². The number of hydrogen-bond donors (Lipinski definition) is 0. The maximum Gasteiger partial charge on any atom is 0.0837 e. The lowest BCUT2D eigenvalue weighted by molar-refractivity contribution is 0.0721. The van der Waals surface area contributed by atoms with Gasteiger partial charge >= 0.3 is 0 Å². The van der Waals surface area contributed by atoms with E-state index < -0.39 is 0 Å². The molecule has 0 aliphatic rings. The summed E-state index contributed by atoms with van der Waals surface area (Å²) in [5.41, 5.74) is 0. The van der Waals surface area contributed by atoms with E-state index in [0.717, 1.165) is 6.42 Å². The van der Waals surface area contributed by atoms with Gasteiger partial charge < -0.3 is 4.74 Å². The molecule has 0 bridgehead atoms. The van der Waals surface area contributed by atoms with Crippen LogP contribution in [0.2, 0.25) is 0 Å². The topological polar surface area (TPSA) is 9.23 Å². The summed E-state index contributed by atoms with van der Waals surface area (Å²) in [6.45, 7) is 10.5. The summed E-state index contributed by atoms with van der Waals surface area (Å²) in [5, 5.41) is 0. The van der Waals surface area contributed by atoms with Gasteiger partial charge in [-0.05, 0) is 19.3 Å². The molecule has 0 fully saturated rings. The second-order valence-electron chi connectivity index (χ2n) is 2.80. The lowest BCUT2D eigenvalue weighted by atomic mass is 10.0. The molecule has 1 nitrogen and oxygen atoms in total. The highest BCUT2D eigenvalue weighted by Crippen LogP contribution is 2.11. The van der Waals surface area contributed by atoms with Crippen LogP contribution >= 0.6 is 0 Å². The summed E-state index contributed by atoms with van der Waals surface area (Å²) in [4.78, 5) is 0. The van der Waals surface area contributed by atoms with Gasteiger partial charge in [0.1, 0.15) is 0 Å². The fourth-order valence-electron chi connectivity index (χ4n) is 0.714. The lowest BCUT2D eigenvalue weighted by Crippen LogP contribution is -2.15. The van der Waals surface area contributed by atoms with Crippen molar-refractivity contribution < 1.29 is 4.74 Å². The zero-order valence-corrected chi connectivity index (χ0v) is 7.55. The quantitative estimate of drug-likeness (QED) is 0.575. The van der Waals surface area contributed by atoms with Gasteiger partial charge in [0, 0.05) is 0 Å². The molecule has 61 valence electrons. The Morgan fingerprint density at radius 1 is 1.30 bits per heavy atom. The molecule has 0 aromatic carbocycles. The Balaban J connectivity index is 3.31. The van der Waals surface area contributed by atoms with Crippen LogP contribution in [0.25, 0.3) is 0 Å². The Hall–Kier alpha value is -0.0400. The van der Waals surface area contributed by atoms with Crippen LogP contribution in [-0.4, -0.2) is 6.10 Å². The average Bonchev–Trinajstić information content (AvgIpc) is 1.98. The minimum atomic E-state index is 0.380. The van der Waals surface area contributed by atoms with Gasteiger partial charge in [0.15, 0.2) is 0 Å². The first kappa shape index (κ1) is 9.96. The SMILES string of the molecule is CC[CH]OC(C)C(C)CC. The molecule has 2 atom stereocenters. The molecule has 10 heavy (non-hydrogen) atoms. The molecule has 0 aliphatic carbocycles. The monoisotopic (exact) mass is 143 g/mol. The van der Waals surface area contributed by atoms with E-state index in [4.69, 9.17) is 4.74 Å². The zero-order chi connectivity index (χ0) is 7.98. The molecule has 0 rings (SSSR count). The molecule has 2 unspecified atom stereocenters. The van der Waals surface area contributed by atoms with Crippen LogP contribution in [0.3, 0.4) is 0 Å². The summed E-state index contributed by atoms with van der Waals surface area (Å²) in [7, 11) is 0. The van der Waals surface area contributed by atoms with Crippen molar-refractivity contribution in [3.8, 4) is 0 Å². The Kier molecular flexibility index (Phi) is 5.70. The third-order valence-corrected chi connectivity index (χ3v) is 1.92. The fraction of sp³-hybridized carbons (Fsp3) is 0.889. The molecule has 0 aromatic heterocycles. The van der Waals surface area contributed by atoms with E-state index in [1.54, 1.807) is 0 Å². The van der Waals surface area contributed by atoms with Gasteiger partial charge in [0.2, 0.25) is 0 Å². The molecule has 0 aliphatic heterocycles. The molecule has 1 heteroatoms. The predicted molar refractivity (Wildman–Crippen MR) is 44.6 cm³/mol. The first-order chi connectivity index (χ1) is 4.72. The summed E-state index contributed by atoms with van der Waals surface area (Å²) < 4.78 is 5.42. The van der Waals surface area contributed by atoms with Gasteiger partial charge in [-0.3, -0.25) is 0 Å². The van der Waals surface area contributed by atoms with Crippen LogP contribution in [0.15, 0.2) is 0 Å². The Morgan fingerprint density at radius 3 is 2.30 bits per heavy atom. The first-order valence-corrected chi connectivity index (χ1v) is 4.19. The van der Waals surface area contributed by atoms with Crippen molar-refractivity contribution in [1.82, 2.24) is 0 Å². The van der Waals surface area contributed by atoms with E-state index in [-0.39, 0.29) is 0 Å². The van der Waals surface area contributed by atoms with Crippen molar-refractivity contribution in [2.24, 2.45) is 5.92 Å². The normalized spacial score (nSPS) is 16.8. The number of hydrogen-bond acceptors (Lipinski definition) is 1. The Bertz CT molecular complexity index is 71.1. The highest BCUT2D eigenvalue weighted by molar-refractivity contribution is 4.61. The summed E-state index contributed by atoms with van der Waals surface area (Å²) >= 11 is 0. The van der Waals surface area contributed by atoms with Crippen molar-refractivity contribution in [3.05, 3.63) is 6.61 Å². The van der Waals surface area contributed by atoms with Crippen LogP contribution in [-0.2, 0) is 4.74 Å². The lowest BCUT2D eigenvalue weighted by Gasteiger charge is -2.17. The zero-order valence-electron chi connectivity index (χ0n) is 7.55. The highest BCUT2D eigenvalue weighted by atomic mass is 16.5. The largest absolute Gasteiger partial charge is 0.372 e. The molecule has 0 amide bonds. The predicted octanol–water partition coefficient (Wildman–Crippen LogP) is 3.01. The second kappa shape index (κ2) is 5.72. The summed E-state index contributed by atoms with van der Waals surface area (Å²) in [6, 6.07) is 0. The number of ether oxygens (including phenoxy) is 1. The van der Waals surface area contributed by atoms with Gasteiger partial charge in [-0.15, -0.1) is 0 Å². The van der Waals surface area contributed by atoms with Gasteiger partial charge in [-0.25, -0.2) is 0 Å². The summed E-state index contributed by atoms with van der Waals surface area (Å²) in [5.74, 6) is 0.669. The van der Waals surface area contributed by atoms with Gasteiger partial charge in [-0.1, -0.05) is 27.2 Å². The van der Waals surface area contributed by atoms with Crippen LogP contribution in [0.5, 0.6) is 0 Å². The first-order valence-electron chi connectivity index (χ1n) is 4.19. The van der Waals surface area contributed by atoms with E-state index in [1.165, 1.54) is 6.42 Å². The molecule has 0 saturated heterocycles. The molecular weight excluding hydrogens is 124 g/mol. The van der Waals surface area contributed by atoms with Crippen molar-refractivity contribution in [2.75, 3.05) is 0 Å². The minimum absolute atomic E-state index is 0.380. The van der Waals surface area contributed by atoms with E-state index in [2.05, 4.69) is 27.7 Å². The maximum atomic E-state index is 5.42. The maximum absolute atomic E-state index is 5.42. The molecular formula is C9H19O. The van der Waals surface area contributed by atoms with Crippen molar-refractivity contribution in [1.29, 1.82) is 0 Å². The van der Waals surface area contributed by atoms with Crippen LogP contribution in [0.1, 0.15) is 40.5 Å². The number of rotatable bonds is 5. The average molecular weight is 143 g/mol. The van der Waals surface area contributed by atoms with Gasteiger partial charge in [0.25, 0.3) is 0 Å². The van der Waals surface area contributed by atoms with Crippen molar-refractivity contribution >= 4 is 0 Å². The van der Waals surface area contributed by atoms with Gasteiger partial charge in [-0.2, -0.15) is 0 Å². The van der Waals surface area contributed by atoms with Crippen molar-refractivity contribution in [3.63, 3.8) is 0 Å². The molecule has 0 heterocycles. The van der Waals surface area contributed by atoms with Gasteiger partial charge in [0.05, 0.1) is 12.7 Å². The van der Waals surface area contributed by atoms with Crippen LogP contribution in [0, 0.1) is 12.5 Å². The smallest absolute Gasteiger partial charge is 0.0837 e. The fourth-order valence-corrected chi connectivity index (χ4v) is 0.714. The highest BCUT2D eigenvalue weighted by Gasteiger charge is 2.08. The molecule has 0 saturated carbocycles. The Morgan fingerprint density at radius 2 is 1.90 bits per heavy atom. The van der Waals surface area contributed by atoms with E-state index in [9.17, 15) is 0 Å². The molecule has 1 radical (unpaired) electrons. The third kappa shape index (κ3) is 3.89. The molecule has 0 aromatic rings. The second-order valence-corrected chi connectivity index (χ2v) is 2.80. The van der Waals surface area contributed by atoms with Crippen molar-refractivity contribution in [2.45, 2.75) is 46.6 Å². The molecule has 0 spiro atoms. The minimum Gasteiger partial charge on any atom is -0.372 e. The van der Waals surface area contributed by atoms with Crippen LogP contribution < -0.4 is 0 Å². The standard InChI is InChI=1S/C9H19O/c1-5-7-10-9(4)8(3)6-2/h7-9H,5-6H2,1-4H3. The summed E-state index contributed by atoms with van der Waals surface area (Å²) in [6.07, 6.45) is 2.57. The molecule has 0 N–H and O–H groups in total.